The Morgan fingerprint density at radius 3 is 2.52 bits per heavy atom. The van der Waals surface area contributed by atoms with Crippen LogP contribution >= 0.6 is 22.9 Å². The van der Waals surface area contributed by atoms with Crippen molar-refractivity contribution < 1.29 is 22.7 Å². The normalized spacial score (nSPS) is 11.4. The van der Waals surface area contributed by atoms with E-state index in [1.165, 1.54) is 6.07 Å². The van der Waals surface area contributed by atoms with Gasteiger partial charge in [0.2, 0.25) is 0 Å². The molecule has 0 spiro atoms. The predicted molar refractivity (Wildman–Crippen MR) is 107 cm³/mol. The smallest absolute Gasteiger partial charge is 0.417 e. The molecule has 1 N–H and O–H groups in total. The number of carbonyl (C=O) groups is 1. The molecule has 0 unspecified atom stereocenters. The number of ether oxygens (including phenoxy) is 1. The highest BCUT2D eigenvalue weighted by Crippen LogP contribution is 2.36. The van der Waals surface area contributed by atoms with Gasteiger partial charge < -0.3 is 10.1 Å². The summed E-state index contributed by atoms with van der Waals surface area (Å²) in [5.74, 6) is 0.132. The van der Waals surface area contributed by atoms with Crippen LogP contribution in [0.4, 0.5) is 18.9 Å². The highest BCUT2D eigenvalue weighted by Gasteiger charge is 2.33. The number of hydrogen-bond donors (Lipinski definition) is 1. The van der Waals surface area contributed by atoms with Crippen molar-refractivity contribution in [1.82, 2.24) is 4.98 Å². The zero-order valence-corrected chi connectivity index (χ0v) is 17.0. The summed E-state index contributed by atoms with van der Waals surface area (Å²) >= 11 is 6.73. The topological polar surface area (TPSA) is 51.2 Å². The highest BCUT2D eigenvalue weighted by atomic mass is 35.5. The SMILES string of the molecule is Cc1ccc(OCc2nc(C)c(C(=O)Nc3ccc(Cl)c(C(F)(F)F)c3)s2)cc1. The monoisotopic (exact) mass is 440 g/mol. The Kier molecular flexibility index (Phi) is 6.14. The molecule has 0 radical (unpaired) electrons. The molecule has 0 aliphatic rings. The molecule has 1 heterocycles. The molecule has 0 saturated carbocycles. The average Bonchev–Trinajstić information content (AvgIpc) is 3.03. The maximum absolute atomic E-state index is 13.0. The summed E-state index contributed by atoms with van der Waals surface area (Å²) in [6, 6.07) is 10.7. The number of alkyl halides is 3. The molecule has 0 fully saturated rings. The Bertz CT molecular complexity index is 1030. The first-order valence-corrected chi connectivity index (χ1v) is 9.67. The molecule has 4 nitrogen and oxygen atoms in total. The Balaban J connectivity index is 1.71. The fourth-order valence-electron chi connectivity index (χ4n) is 2.51. The lowest BCUT2D eigenvalue weighted by Gasteiger charge is -2.11. The molecule has 3 rings (SSSR count). The van der Waals surface area contributed by atoms with E-state index < -0.39 is 22.7 Å². The fourth-order valence-corrected chi connectivity index (χ4v) is 3.61. The van der Waals surface area contributed by atoms with Gasteiger partial charge in [-0.15, -0.1) is 11.3 Å². The molecule has 152 valence electrons. The Hall–Kier alpha value is -2.58. The molecule has 9 heteroatoms. The minimum absolute atomic E-state index is 0.00280. The summed E-state index contributed by atoms with van der Waals surface area (Å²) in [7, 11) is 0. The molecule has 3 aromatic rings. The van der Waals surface area contributed by atoms with E-state index in [2.05, 4.69) is 10.3 Å². The predicted octanol–water partition coefficient (Wildman–Crippen LogP) is 6.26. The van der Waals surface area contributed by atoms with Gasteiger partial charge in [0.15, 0.2) is 0 Å². The van der Waals surface area contributed by atoms with Crippen molar-refractivity contribution in [2.75, 3.05) is 5.32 Å². The number of hydrogen-bond acceptors (Lipinski definition) is 4. The van der Waals surface area contributed by atoms with E-state index in [-0.39, 0.29) is 12.3 Å². The number of carbonyl (C=O) groups excluding carboxylic acids is 1. The molecule has 0 saturated heterocycles. The second kappa shape index (κ2) is 8.42. The van der Waals surface area contributed by atoms with Gasteiger partial charge in [-0.05, 0) is 44.2 Å². The van der Waals surface area contributed by atoms with Crippen LogP contribution in [-0.4, -0.2) is 10.9 Å². The number of aryl methyl sites for hydroxylation is 2. The van der Waals surface area contributed by atoms with Crippen LogP contribution in [0.15, 0.2) is 42.5 Å². The Labute approximate surface area is 174 Å². The fraction of sp³-hybridized carbons (Fsp3) is 0.200. The van der Waals surface area contributed by atoms with Crippen LogP contribution in [0.25, 0.3) is 0 Å². The van der Waals surface area contributed by atoms with Gasteiger partial charge in [-0.2, -0.15) is 13.2 Å². The summed E-state index contributed by atoms with van der Waals surface area (Å²) < 4.78 is 44.6. The molecule has 0 aliphatic carbocycles. The molecule has 1 aromatic heterocycles. The molecule has 0 atom stereocenters. The van der Waals surface area contributed by atoms with E-state index in [9.17, 15) is 18.0 Å². The van der Waals surface area contributed by atoms with Crippen LogP contribution in [0, 0.1) is 13.8 Å². The number of halogens is 4. The maximum atomic E-state index is 13.0. The van der Waals surface area contributed by atoms with E-state index in [1.807, 2.05) is 31.2 Å². The molecule has 0 bridgehead atoms. The lowest BCUT2D eigenvalue weighted by molar-refractivity contribution is -0.137. The number of thiazole rings is 1. The van der Waals surface area contributed by atoms with Gasteiger partial charge in [-0.3, -0.25) is 4.79 Å². The molecular weight excluding hydrogens is 425 g/mol. The maximum Gasteiger partial charge on any atom is 0.417 e. The first-order chi connectivity index (χ1) is 13.6. The standard InChI is InChI=1S/C20H16ClF3N2O2S/c1-11-3-6-14(7-4-11)28-10-17-25-12(2)18(29-17)19(27)26-13-5-8-16(21)15(9-13)20(22,23)24/h3-9H,10H2,1-2H3,(H,26,27). The van der Waals surface area contributed by atoms with Crippen molar-refractivity contribution in [2.45, 2.75) is 26.6 Å². The summed E-state index contributed by atoms with van der Waals surface area (Å²) in [4.78, 5) is 17.1. The number of aromatic nitrogens is 1. The Morgan fingerprint density at radius 1 is 1.17 bits per heavy atom. The van der Waals surface area contributed by atoms with Crippen molar-refractivity contribution in [3.63, 3.8) is 0 Å². The summed E-state index contributed by atoms with van der Waals surface area (Å²) in [6.45, 7) is 3.81. The first kappa shape index (κ1) is 21.1. The van der Waals surface area contributed by atoms with Crippen LogP contribution in [0.1, 0.15) is 31.5 Å². The molecule has 0 aliphatic heterocycles. The van der Waals surface area contributed by atoms with Crippen molar-refractivity contribution in [3.8, 4) is 5.75 Å². The summed E-state index contributed by atoms with van der Waals surface area (Å²) in [6.07, 6.45) is -4.61. The van der Waals surface area contributed by atoms with Gasteiger partial charge >= 0.3 is 6.18 Å². The number of rotatable bonds is 5. The molecular formula is C20H16ClF3N2O2S. The summed E-state index contributed by atoms with van der Waals surface area (Å²) in [5, 5.41) is 2.62. The Morgan fingerprint density at radius 2 is 1.86 bits per heavy atom. The zero-order valence-electron chi connectivity index (χ0n) is 15.4. The van der Waals surface area contributed by atoms with Gasteiger partial charge in [0.1, 0.15) is 22.2 Å². The van der Waals surface area contributed by atoms with Gasteiger partial charge in [0, 0.05) is 5.69 Å². The van der Waals surface area contributed by atoms with Gasteiger partial charge in [-0.1, -0.05) is 29.3 Å². The van der Waals surface area contributed by atoms with Crippen LogP contribution < -0.4 is 10.1 Å². The zero-order chi connectivity index (χ0) is 21.2. The second-order valence-electron chi connectivity index (χ2n) is 6.27. The second-order valence-corrected chi connectivity index (χ2v) is 7.76. The minimum atomic E-state index is -4.61. The number of amides is 1. The van der Waals surface area contributed by atoms with Gasteiger partial charge in [-0.25, -0.2) is 4.98 Å². The van der Waals surface area contributed by atoms with Crippen molar-refractivity contribution in [1.29, 1.82) is 0 Å². The quantitative estimate of drug-likeness (QED) is 0.509. The third-order valence-electron chi connectivity index (χ3n) is 3.96. The number of anilines is 1. The van der Waals surface area contributed by atoms with Crippen molar-refractivity contribution in [3.05, 3.63) is 74.2 Å². The number of nitrogens with one attached hydrogen (secondary N) is 1. The van der Waals surface area contributed by atoms with Crippen LogP contribution in [-0.2, 0) is 12.8 Å². The van der Waals surface area contributed by atoms with Gasteiger partial charge in [0.05, 0.1) is 16.3 Å². The van der Waals surface area contributed by atoms with Crippen LogP contribution in [0.3, 0.4) is 0 Å². The number of nitrogens with zero attached hydrogens (tertiary/aromatic N) is 1. The molecule has 1 amide bonds. The van der Waals surface area contributed by atoms with E-state index in [0.717, 1.165) is 29.0 Å². The van der Waals surface area contributed by atoms with Crippen molar-refractivity contribution in [2.24, 2.45) is 0 Å². The van der Waals surface area contributed by atoms with Crippen molar-refractivity contribution >= 4 is 34.5 Å². The van der Waals surface area contributed by atoms with E-state index in [1.54, 1.807) is 6.92 Å². The third kappa shape index (κ3) is 5.27. The van der Waals surface area contributed by atoms with E-state index in [4.69, 9.17) is 16.3 Å². The average molecular weight is 441 g/mol. The molecule has 29 heavy (non-hydrogen) atoms. The first-order valence-electron chi connectivity index (χ1n) is 8.47. The van der Waals surface area contributed by atoms with E-state index in [0.29, 0.717) is 21.3 Å². The lowest BCUT2D eigenvalue weighted by atomic mass is 10.2. The highest BCUT2D eigenvalue weighted by molar-refractivity contribution is 7.13. The molecule has 2 aromatic carbocycles. The largest absolute Gasteiger partial charge is 0.486 e. The minimum Gasteiger partial charge on any atom is -0.486 e. The van der Waals surface area contributed by atoms with Gasteiger partial charge in [0.25, 0.3) is 5.91 Å². The summed E-state index contributed by atoms with van der Waals surface area (Å²) in [5.41, 5.74) is 0.569. The van der Waals surface area contributed by atoms with Crippen LogP contribution in [0.2, 0.25) is 5.02 Å². The third-order valence-corrected chi connectivity index (χ3v) is 5.42. The lowest BCUT2D eigenvalue weighted by Crippen LogP contribution is -2.13. The van der Waals surface area contributed by atoms with Crippen LogP contribution in [0.5, 0.6) is 5.75 Å². The van der Waals surface area contributed by atoms with E-state index >= 15 is 0 Å². The number of benzene rings is 2.